The maximum Gasteiger partial charge on any atom is 0.319 e. The maximum absolute atomic E-state index is 10.7. The molecule has 0 saturated heterocycles. The summed E-state index contributed by atoms with van der Waals surface area (Å²) in [7, 11) is 1.53. The van der Waals surface area contributed by atoms with Crippen LogP contribution >= 0.6 is 11.6 Å². The van der Waals surface area contributed by atoms with Gasteiger partial charge in [0.15, 0.2) is 5.15 Å². The van der Waals surface area contributed by atoms with E-state index in [1.807, 2.05) is 0 Å². The number of nitrogens with two attached hydrogens (primary N) is 1. The van der Waals surface area contributed by atoms with Crippen molar-refractivity contribution >= 4 is 23.3 Å². The minimum Gasteiger partial charge on any atom is -0.351 e. The SMILES string of the molecule is CN(C(N)=O)c1cccnc1Cl. The molecule has 0 unspecified atom stereocenters. The molecule has 0 fully saturated rings. The number of amides is 2. The molecule has 2 N–H and O–H groups in total. The van der Waals surface area contributed by atoms with E-state index in [1.165, 1.54) is 11.9 Å². The molecule has 0 aliphatic carbocycles. The number of carbonyl (C=O) groups is 1. The van der Waals surface area contributed by atoms with Gasteiger partial charge < -0.3 is 5.73 Å². The number of halogens is 1. The Labute approximate surface area is 74.9 Å². The summed E-state index contributed by atoms with van der Waals surface area (Å²) in [5, 5.41) is 0.263. The highest BCUT2D eigenvalue weighted by Gasteiger charge is 2.09. The molecule has 1 aromatic heterocycles. The molecule has 0 bridgehead atoms. The molecule has 4 nitrogen and oxygen atoms in total. The Morgan fingerprint density at radius 3 is 2.92 bits per heavy atom. The average Bonchev–Trinajstić information content (AvgIpc) is 2.04. The van der Waals surface area contributed by atoms with Gasteiger partial charge in [0.2, 0.25) is 0 Å². The van der Waals surface area contributed by atoms with E-state index in [4.69, 9.17) is 17.3 Å². The first-order chi connectivity index (χ1) is 5.63. The van der Waals surface area contributed by atoms with Gasteiger partial charge in [0.05, 0.1) is 5.69 Å². The molecule has 0 spiro atoms. The topological polar surface area (TPSA) is 59.2 Å². The normalized spacial score (nSPS) is 9.50. The second kappa shape index (κ2) is 3.40. The van der Waals surface area contributed by atoms with Crippen LogP contribution in [0.2, 0.25) is 5.15 Å². The summed E-state index contributed by atoms with van der Waals surface area (Å²) in [5.74, 6) is 0. The summed E-state index contributed by atoms with van der Waals surface area (Å²) in [4.78, 5) is 15.7. The number of hydrogen-bond acceptors (Lipinski definition) is 2. The third-order valence-electron chi connectivity index (χ3n) is 1.43. The molecule has 0 aromatic carbocycles. The molecule has 12 heavy (non-hydrogen) atoms. The van der Waals surface area contributed by atoms with E-state index in [2.05, 4.69) is 4.98 Å². The fourth-order valence-electron chi connectivity index (χ4n) is 0.746. The molecular formula is C7H8ClN3O. The van der Waals surface area contributed by atoms with Crippen molar-refractivity contribution in [2.75, 3.05) is 11.9 Å². The van der Waals surface area contributed by atoms with E-state index >= 15 is 0 Å². The summed E-state index contributed by atoms with van der Waals surface area (Å²) in [6.07, 6.45) is 1.54. The van der Waals surface area contributed by atoms with Crippen LogP contribution in [0.15, 0.2) is 18.3 Å². The first kappa shape index (κ1) is 8.80. The van der Waals surface area contributed by atoms with Crippen LogP contribution in [0.3, 0.4) is 0 Å². The third-order valence-corrected chi connectivity index (χ3v) is 1.72. The first-order valence-electron chi connectivity index (χ1n) is 3.26. The van der Waals surface area contributed by atoms with E-state index in [-0.39, 0.29) is 5.15 Å². The monoisotopic (exact) mass is 185 g/mol. The highest BCUT2D eigenvalue weighted by atomic mass is 35.5. The molecule has 0 atom stereocenters. The van der Waals surface area contributed by atoms with Crippen LogP contribution in [0.25, 0.3) is 0 Å². The number of urea groups is 1. The Kier molecular flexibility index (Phi) is 2.50. The lowest BCUT2D eigenvalue weighted by Gasteiger charge is -2.14. The van der Waals surface area contributed by atoms with Crippen molar-refractivity contribution in [3.8, 4) is 0 Å². The molecule has 0 aliphatic heterocycles. The minimum absolute atomic E-state index is 0.263. The van der Waals surface area contributed by atoms with Crippen molar-refractivity contribution in [1.82, 2.24) is 4.98 Å². The standard InChI is InChI=1S/C7H8ClN3O/c1-11(7(9)12)5-3-2-4-10-6(5)8/h2-4H,1H3,(H2,9,12). The zero-order chi connectivity index (χ0) is 9.14. The highest BCUT2D eigenvalue weighted by molar-refractivity contribution is 6.32. The molecule has 0 saturated carbocycles. The van der Waals surface area contributed by atoms with E-state index in [9.17, 15) is 4.79 Å². The molecule has 64 valence electrons. The minimum atomic E-state index is -0.565. The van der Waals surface area contributed by atoms with Crippen LogP contribution in [0.4, 0.5) is 10.5 Å². The zero-order valence-corrected chi connectivity index (χ0v) is 7.25. The van der Waals surface area contributed by atoms with E-state index in [0.717, 1.165) is 0 Å². The highest BCUT2D eigenvalue weighted by Crippen LogP contribution is 2.20. The fraction of sp³-hybridized carbons (Fsp3) is 0.143. The zero-order valence-electron chi connectivity index (χ0n) is 6.49. The summed E-state index contributed by atoms with van der Waals surface area (Å²) < 4.78 is 0. The van der Waals surface area contributed by atoms with Gasteiger partial charge in [-0.05, 0) is 12.1 Å². The lowest BCUT2D eigenvalue weighted by atomic mass is 10.4. The van der Waals surface area contributed by atoms with Crippen LogP contribution < -0.4 is 10.6 Å². The van der Waals surface area contributed by atoms with Gasteiger partial charge in [0.25, 0.3) is 0 Å². The lowest BCUT2D eigenvalue weighted by Crippen LogP contribution is -2.32. The van der Waals surface area contributed by atoms with Crippen molar-refractivity contribution in [2.24, 2.45) is 5.73 Å². The Morgan fingerprint density at radius 2 is 2.42 bits per heavy atom. The van der Waals surface area contributed by atoms with Gasteiger partial charge in [-0.2, -0.15) is 0 Å². The van der Waals surface area contributed by atoms with Gasteiger partial charge in [0.1, 0.15) is 0 Å². The quantitative estimate of drug-likeness (QED) is 0.670. The molecule has 1 aromatic rings. The number of aromatic nitrogens is 1. The van der Waals surface area contributed by atoms with E-state index < -0.39 is 6.03 Å². The summed E-state index contributed by atoms with van der Waals surface area (Å²) in [5.41, 5.74) is 5.54. The van der Waals surface area contributed by atoms with E-state index in [1.54, 1.807) is 18.3 Å². The Bertz CT molecular complexity index is 302. The molecule has 1 rings (SSSR count). The first-order valence-corrected chi connectivity index (χ1v) is 3.64. The van der Waals surface area contributed by atoms with Crippen molar-refractivity contribution in [1.29, 1.82) is 0 Å². The van der Waals surface area contributed by atoms with E-state index in [0.29, 0.717) is 5.69 Å². The Hall–Kier alpha value is -1.29. The fourth-order valence-corrected chi connectivity index (χ4v) is 0.993. The predicted octanol–water partition coefficient (Wildman–Crippen LogP) is 1.25. The predicted molar refractivity (Wildman–Crippen MR) is 47.2 cm³/mol. The van der Waals surface area contributed by atoms with Crippen LogP contribution in [-0.4, -0.2) is 18.1 Å². The second-order valence-electron chi connectivity index (χ2n) is 2.21. The molecule has 0 radical (unpaired) electrons. The number of nitrogens with zero attached hydrogens (tertiary/aromatic N) is 2. The van der Waals surface area contributed by atoms with Crippen LogP contribution in [0, 0.1) is 0 Å². The number of primary amides is 1. The van der Waals surface area contributed by atoms with Crippen molar-refractivity contribution in [3.63, 3.8) is 0 Å². The molecule has 2 amide bonds. The largest absolute Gasteiger partial charge is 0.351 e. The lowest BCUT2D eigenvalue weighted by molar-refractivity contribution is 0.255. The number of pyridine rings is 1. The Morgan fingerprint density at radius 1 is 1.75 bits per heavy atom. The summed E-state index contributed by atoms with van der Waals surface area (Å²) in [6.45, 7) is 0. The van der Waals surface area contributed by atoms with Gasteiger partial charge in [-0.15, -0.1) is 0 Å². The average molecular weight is 186 g/mol. The molecule has 1 heterocycles. The smallest absolute Gasteiger partial charge is 0.319 e. The maximum atomic E-state index is 10.7. The van der Waals surface area contributed by atoms with Crippen molar-refractivity contribution < 1.29 is 4.79 Å². The Balaban J connectivity index is 3.02. The van der Waals surface area contributed by atoms with Gasteiger partial charge >= 0.3 is 6.03 Å². The molecule has 0 aliphatic rings. The number of carbonyl (C=O) groups excluding carboxylic acids is 1. The van der Waals surface area contributed by atoms with Gasteiger partial charge in [-0.1, -0.05) is 11.6 Å². The molecular weight excluding hydrogens is 178 g/mol. The van der Waals surface area contributed by atoms with Crippen LogP contribution in [-0.2, 0) is 0 Å². The number of hydrogen-bond donors (Lipinski definition) is 1. The summed E-state index contributed by atoms with van der Waals surface area (Å²) in [6, 6.07) is 2.78. The molecule has 5 heteroatoms. The van der Waals surface area contributed by atoms with Gasteiger partial charge in [0, 0.05) is 13.2 Å². The van der Waals surface area contributed by atoms with Crippen LogP contribution in [0.1, 0.15) is 0 Å². The number of anilines is 1. The summed E-state index contributed by atoms with van der Waals surface area (Å²) >= 11 is 5.70. The number of rotatable bonds is 1. The second-order valence-corrected chi connectivity index (χ2v) is 2.57. The van der Waals surface area contributed by atoms with Gasteiger partial charge in [-0.3, -0.25) is 4.90 Å². The van der Waals surface area contributed by atoms with Gasteiger partial charge in [-0.25, -0.2) is 9.78 Å². The van der Waals surface area contributed by atoms with Crippen molar-refractivity contribution in [2.45, 2.75) is 0 Å². The van der Waals surface area contributed by atoms with Crippen molar-refractivity contribution in [3.05, 3.63) is 23.5 Å². The third kappa shape index (κ3) is 1.65. The van der Waals surface area contributed by atoms with Crippen LogP contribution in [0.5, 0.6) is 0 Å².